The summed E-state index contributed by atoms with van der Waals surface area (Å²) >= 11 is 0. The number of alkyl halides is 3. The molecule has 33 heavy (non-hydrogen) atoms. The number of aromatic amines is 1. The van der Waals surface area contributed by atoms with E-state index in [0.29, 0.717) is 16.5 Å². The monoisotopic (exact) mass is 449 g/mol. The van der Waals surface area contributed by atoms with Gasteiger partial charge in [0, 0.05) is 34.3 Å². The largest absolute Gasteiger partial charge is 0.446 e. The first-order chi connectivity index (χ1) is 15.8. The Balaban J connectivity index is 1.59. The number of benzene rings is 3. The number of carbonyl (C=O) groups excluding carboxylic acids is 2. The highest BCUT2D eigenvalue weighted by atomic mass is 19.4. The molecule has 166 valence electrons. The van der Waals surface area contributed by atoms with Crippen LogP contribution in [-0.4, -0.2) is 16.7 Å². The molecule has 4 aromatic rings. The maximum absolute atomic E-state index is 13.3. The molecule has 1 aromatic heterocycles. The maximum atomic E-state index is 13.3. The molecule has 0 aliphatic rings. The van der Waals surface area contributed by atoms with Crippen LogP contribution in [0.3, 0.4) is 0 Å². The molecule has 7 heteroatoms. The summed E-state index contributed by atoms with van der Waals surface area (Å²) in [5.41, 5.74) is 0.974. The summed E-state index contributed by atoms with van der Waals surface area (Å²) in [7, 11) is 0. The zero-order valence-electron chi connectivity index (χ0n) is 17.2. The standard InChI is InChI=1S/C26H18F3NO3/c27-26(28,29)19-10-6-7-17(15-19)13-14-23(31)33-25(18-8-2-1-3-9-18)24(32)21-16-30-22-12-5-4-11-20(21)22/h1-16,25,30H. The fourth-order valence-corrected chi connectivity index (χ4v) is 3.46. The molecule has 0 bridgehead atoms. The van der Waals surface area contributed by atoms with Crippen molar-refractivity contribution in [3.05, 3.63) is 113 Å². The van der Waals surface area contributed by atoms with E-state index in [1.807, 2.05) is 12.1 Å². The van der Waals surface area contributed by atoms with Crippen molar-refractivity contribution in [3.8, 4) is 0 Å². The minimum Gasteiger partial charge on any atom is -0.446 e. The Labute approximate surface area is 187 Å². The molecule has 0 amide bonds. The van der Waals surface area contributed by atoms with Gasteiger partial charge in [-0.25, -0.2) is 4.79 Å². The number of fused-ring (bicyclic) bond motifs is 1. The molecule has 0 spiro atoms. The molecule has 0 radical (unpaired) electrons. The van der Waals surface area contributed by atoms with Crippen LogP contribution in [0.1, 0.15) is 33.2 Å². The molecule has 4 nitrogen and oxygen atoms in total. The van der Waals surface area contributed by atoms with Crippen molar-refractivity contribution in [2.24, 2.45) is 0 Å². The summed E-state index contributed by atoms with van der Waals surface area (Å²) < 4.78 is 44.2. The average molecular weight is 449 g/mol. The Morgan fingerprint density at radius 1 is 0.909 bits per heavy atom. The van der Waals surface area contributed by atoms with Crippen LogP contribution < -0.4 is 0 Å². The van der Waals surface area contributed by atoms with Gasteiger partial charge in [0.25, 0.3) is 0 Å². The van der Waals surface area contributed by atoms with E-state index in [1.54, 1.807) is 48.7 Å². The van der Waals surface area contributed by atoms with Crippen molar-refractivity contribution in [3.63, 3.8) is 0 Å². The zero-order valence-corrected chi connectivity index (χ0v) is 17.2. The number of ketones is 1. The van der Waals surface area contributed by atoms with Crippen LogP contribution in [0.15, 0.2) is 91.1 Å². The third-order valence-electron chi connectivity index (χ3n) is 5.05. The molecule has 0 aliphatic heterocycles. The molecule has 0 aliphatic carbocycles. The van der Waals surface area contributed by atoms with Crippen LogP contribution in [0, 0.1) is 0 Å². The quantitative estimate of drug-likeness (QED) is 0.211. The van der Waals surface area contributed by atoms with Crippen molar-refractivity contribution in [1.29, 1.82) is 0 Å². The molecular weight excluding hydrogens is 431 g/mol. The van der Waals surface area contributed by atoms with Crippen molar-refractivity contribution in [1.82, 2.24) is 4.98 Å². The van der Waals surface area contributed by atoms with Gasteiger partial charge in [-0.1, -0.05) is 60.7 Å². The van der Waals surface area contributed by atoms with E-state index in [9.17, 15) is 22.8 Å². The number of aromatic nitrogens is 1. The molecule has 3 aromatic carbocycles. The molecule has 1 N–H and O–H groups in total. The van der Waals surface area contributed by atoms with E-state index >= 15 is 0 Å². The number of carbonyl (C=O) groups is 2. The fourth-order valence-electron chi connectivity index (χ4n) is 3.46. The van der Waals surface area contributed by atoms with Crippen LogP contribution in [0.4, 0.5) is 13.2 Å². The summed E-state index contributed by atoms with van der Waals surface area (Å²) in [5, 5.41) is 0.694. The van der Waals surface area contributed by atoms with Crippen molar-refractivity contribution >= 4 is 28.7 Å². The van der Waals surface area contributed by atoms with E-state index in [0.717, 1.165) is 23.7 Å². The summed E-state index contributed by atoms with van der Waals surface area (Å²) in [6, 6.07) is 20.4. The number of rotatable bonds is 6. The first-order valence-electron chi connectivity index (χ1n) is 10.0. The third kappa shape index (κ3) is 5.03. The fraction of sp³-hybridized carbons (Fsp3) is 0.0769. The van der Waals surface area contributed by atoms with Gasteiger partial charge < -0.3 is 9.72 Å². The van der Waals surface area contributed by atoms with Gasteiger partial charge in [-0.05, 0) is 29.8 Å². The van der Waals surface area contributed by atoms with E-state index in [4.69, 9.17) is 4.74 Å². The number of hydrogen-bond acceptors (Lipinski definition) is 3. The van der Waals surface area contributed by atoms with Gasteiger partial charge in [0.05, 0.1) is 5.56 Å². The van der Waals surface area contributed by atoms with Crippen LogP contribution >= 0.6 is 0 Å². The summed E-state index contributed by atoms with van der Waals surface area (Å²) in [4.78, 5) is 28.9. The van der Waals surface area contributed by atoms with Crippen LogP contribution in [0.2, 0.25) is 0 Å². The van der Waals surface area contributed by atoms with Gasteiger partial charge in [0.1, 0.15) is 0 Å². The Morgan fingerprint density at radius 3 is 2.39 bits per heavy atom. The highest BCUT2D eigenvalue weighted by Gasteiger charge is 2.30. The summed E-state index contributed by atoms with van der Waals surface area (Å²) in [6.45, 7) is 0. The minimum atomic E-state index is -4.49. The van der Waals surface area contributed by atoms with Crippen molar-refractivity contribution in [2.45, 2.75) is 12.3 Å². The van der Waals surface area contributed by atoms with Gasteiger partial charge in [0.15, 0.2) is 6.10 Å². The van der Waals surface area contributed by atoms with Gasteiger partial charge in [-0.2, -0.15) is 13.2 Å². The lowest BCUT2D eigenvalue weighted by atomic mass is 9.99. The molecule has 4 rings (SSSR count). The van der Waals surface area contributed by atoms with E-state index in [1.165, 1.54) is 18.2 Å². The minimum absolute atomic E-state index is 0.181. The number of Topliss-reactive ketones (excluding diaryl/α,β-unsaturated/α-hetero) is 1. The van der Waals surface area contributed by atoms with Gasteiger partial charge in [0.2, 0.25) is 5.78 Å². The summed E-state index contributed by atoms with van der Waals surface area (Å²) in [5.74, 6) is -1.27. The SMILES string of the molecule is O=C(C=Cc1cccc(C(F)(F)F)c1)OC(C(=O)c1c[nH]c2ccccc12)c1ccccc1. The van der Waals surface area contributed by atoms with E-state index < -0.39 is 29.6 Å². The number of para-hydroxylation sites is 1. The number of halogens is 3. The first kappa shape index (κ1) is 22.1. The van der Waals surface area contributed by atoms with Crippen LogP contribution in [0.25, 0.3) is 17.0 Å². The smallest absolute Gasteiger partial charge is 0.416 e. The number of ether oxygens (including phenoxy) is 1. The Kier molecular flexibility index (Phi) is 6.13. The number of hydrogen-bond donors (Lipinski definition) is 1. The lowest BCUT2D eigenvalue weighted by molar-refractivity contribution is -0.141. The average Bonchev–Trinajstić information content (AvgIpc) is 3.25. The van der Waals surface area contributed by atoms with Crippen molar-refractivity contribution < 1.29 is 27.5 Å². The molecule has 0 fully saturated rings. The highest BCUT2D eigenvalue weighted by Crippen LogP contribution is 2.30. The predicted octanol–water partition coefficient (Wildman–Crippen LogP) is 6.37. The Hall–Kier alpha value is -4.13. The van der Waals surface area contributed by atoms with E-state index in [-0.39, 0.29) is 5.56 Å². The zero-order chi connectivity index (χ0) is 23.4. The topological polar surface area (TPSA) is 59.2 Å². The molecule has 1 atom stereocenters. The second kappa shape index (κ2) is 9.16. The highest BCUT2D eigenvalue weighted by molar-refractivity contribution is 6.10. The number of nitrogens with one attached hydrogen (secondary N) is 1. The molecule has 0 saturated heterocycles. The molecule has 0 saturated carbocycles. The number of esters is 1. The summed E-state index contributed by atoms with van der Waals surface area (Å²) in [6.07, 6.45) is -1.92. The molecule has 1 heterocycles. The normalized spacial score (nSPS) is 12.7. The Morgan fingerprint density at radius 2 is 1.64 bits per heavy atom. The Bertz CT molecular complexity index is 1320. The van der Waals surface area contributed by atoms with E-state index in [2.05, 4.69) is 4.98 Å². The van der Waals surface area contributed by atoms with Gasteiger partial charge in [-0.15, -0.1) is 0 Å². The van der Waals surface area contributed by atoms with Crippen molar-refractivity contribution in [2.75, 3.05) is 0 Å². The lowest BCUT2D eigenvalue weighted by Crippen LogP contribution is -2.19. The molecule has 1 unspecified atom stereocenters. The van der Waals surface area contributed by atoms with Gasteiger partial charge in [-0.3, -0.25) is 4.79 Å². The maximum Gasteiger partial charge on any atom is 0.416 e. The second-order valence-corrected chi connectivity index (χ2v) is 7.30. The second-order valence-electron chi connectivity index (χ2n) is 7.30. The predicted molar refractivity (Wildman–Crippen MR) is 118 cm³/mol. The third-order valence-corrected chi connectivity index (χ3v) is 5.05. The van der Waals surface area contributed by atoms with Gasteiger partial charge >= 0.3 is 12.1 Å². The van der Waals surface area contributed by atoms with Crippen LogP contribution in [-0.2, 0) is 15.7 Å². The number of H-pyrrole nitrogens is 1. The molecular formula is C26H18F3NO3. The lowest BCUT2D eigenvalue weighted by Gasteiger charge is -2.16. The first-order valence-corrected chi connectivity index (χ1v) is 10.0. The van der Waals surface area contributed by atoms with Crippen LogP contribution in [0.5, 0.6) is 0 Å².